The fourth-order valence-corrected chi connectivity index (χ4v) is 1.58. The summed E-state index contributed by atoms with van der Waals surface area (Å²) in [6.45, 7) is 4.11. The van der Waals surface area contributed by atoms with Crippen molar-refractivity contribution in [3.8, 4) is 0 Å². The Morgan fingerprint density at radius 3 is 2.80 bits per heavy atom. The molecule has 0 radical (unpaired) electrons. The first-order valence-electron chi connectivity index (χ1n) is 5.20. The Balaban J connectivity index is 2.41. The van der Waals surface area contributed by atoms with Gasteiger partial charge in [0, 0.05) is 18.2 Å². The topological polar surface area (TPSA) is 76.4 Å². The van der Waals surface area contributed by atoms with E-state index in [1.54, 1.807) is 0 Å². The van der Waals surface area contributed by atoms with E-state index in [0.717, 1.165) is 24.1 Å². The normalized spacial score (nSPS) is 17.4. The third-order valence-corrected chi connectivity index (χ3v) is 2.64. The number of nitrogens with two attached hydrogens (primary N) is 1. The Morgan fingerprint density at radius 1 is 1.67 bits per heavy atom. The molecule has 5 heteroatoms. The maximum atomic E-state index is 8.69. The molecule has 0 aromatic carbocycles. The van der Waals surface area contributed by atoms with Crippen molar-refractivity contribution in [1.29, 1.82) is 0 Å². The highest BCUT2D eigenvalue weighted by atomic mass is 16.4. The predicted molar refractivity (Wildman–Crippen MR) is 57.1 cm³/mol. The van der Waals surface area contributed by atoms with Gasteiger partial charge < -0.3 is 10.9 Å². The van der Waals surface area contributed by atoms with Crippen molar-refractivity contribution in [1.82, 2.24) is 9.78 Å². The second kappa shape index (κ2) is 3.56. The van der Waals surface area contributed by atoms with E-state index in [-0.39, 0.29) is 5.84 Å². The summed E-state index contributed by atoms with van der Waals surface area (Å²) >= 11 is 0. The molecular formula is C10H16N4O. The predicted octanol–water partition coefficient (Wildman–Crippen LogP) is 1.44. The molecule has 0 saturated heterocycles. The smallest absolute Gasteiger partial charge is 0.173 e. The van der Waals surface area contributed by atoms with Crippen molar-refractivity contribution >= 4 is 5.84 Å². The van der Waals surface area contributed by atoms with Crippen LogP contribution in [0.3, 0.4) is 0 Å². The fourth-order valence-electron chi connectivity index (χ4n) is 1.58. The Kier molecular flexibility index (Phi) is 2.38. The zero-order valence-corrected chi connectivity index (χ0v) is 9.01. The molecule has 2 rings (SSSR count). The Hall–Kier alpha value is -1.52. The molecule has 0 spiro atoms. The second-order valence-electron chi connectivity index (χ2n) is 4.26. The van der Waals surface area contributed by atoms with Crippen LogP contribution in [0.5, 0.6) is 0 Å². The van der Waals surface area contributed by atoms with E-state index in [9.17, 15) is 0 Å². The van der Waals surface area contributed by atoms with Crippen molar-refractivity contribution in [3.63, 3.8) is 0 Å². The lowest BCUT2D eigenvalue weighted by Crippen LogP contribution is -2.14. The van der Waals surface area contributed by atoms with Crippen LogP contribution in [-0.2, 0) is 0 Å². The van der Waals surface area contributed by atoms with Crippen LogP contribution in [-0.4, -0.2) is 20.8 Å². The van der Waals surface area contributed by atoms with Gasteiger partial charge in [-0.15, -0.1) is 0 Å². The summed E-state index contributed by atoms with van der Waals surface area (Å²) in [7, 11) is 0. The van der Waals surface area contributed by atoms with E-state index in [1.165, 1.54) is 0 Å². The highest BCUT2D eigenvalue weighted by molar-refractivity contribution is 5.98. The largest absolute Gasteiger partial charge is 0.409 e. The van der Waals surface area contributed by atoms with E-state index in [2.05, 4.69) is 24.1 Å². The number of nitrogens with zero attached hydrogens (tertiary/aromatic N) is 3. The average Bonchev–Trinajstić information content (AvgIpc) is 2.96. The molecular weight excluding hydrogens is 192 g/mol. The third kappa shape index (κ3) is 1.82. The molecule has 1 saturated carbocycles. The second-order valence-corrected chi connectivity index (χ2v) is 4.26. The summed E-state index contributed by atoms with van der Waals surface area (Å²) in [6.07, 6.45) is 4.16. The van der Waals surface area contributed by atoms with E-state index in [1.807, 2.05) is 10.9 Å². The number of hydrogen-bond donors (Lipinski definition) is 2. The number of aromatic nitrogens is 2. The van der Waals surface area contributed by atoms with Crippen LogP contribution in [0.2, 0.25) is 0 Å². The molecule has 0 aliphatic heterocycles. The highest BCUT2D eigenvalue weighted by Gasteiger charge is 2.30. The summed E-state index contributed by atoms with van der Waals surface area (Å²) in [4.78, 5) is 0. The number of rotatable bonds is 3. The fraction of sp³-hybridized carbons (Fsp3) is 0.600. The lowest BCUT2D eigenvalue weighted by molar-refractivity contribution is 0.318. The first-order chi connectivity index (χ1) is 7.13. The van der Waals surface area contributed by atoms with Crippen LogP contribution in [0.25, 0.3) is 0 Å². The molecule has 0 unspecified atom stereocenters. The van der Waals surface area contributed by atoms with Gasteiger partial charge in [-0.25, -0.2) is 0 Å². The SMILES string of the molecule is CC(C)n1cc(/C(N)=N\O)c(C2CC2)n1. The van der Waals surface area contributed by atoms with Gasteiger partial charge in [-0.05, 0) is 26.7 Å². The number of amidine groups is 1. The average molecular weight is 208 g/mol. The van der Waals surface area contributed by atoms with E-state index in [4.69, 9.17) is 10.9 Å². The molecule has 1 aliphatic carbocycles. The van der Waals surface area contributed by atoms with Gasteiger partial charge in [0.25, 0.3) is 0 Å². The number of oxime groups is 1. The number of hydrogen-bond acceptors (Lipinski definition) is 3. The van der Waals surface area contributed by atoms with Crippen LogP contribution < -0.4 is 5.73 Å². The molecule has 0 bridgehead atoms. The van der Waals surface area contributed by atoms with Crippen molar-refractivity contribution in [3.05, 3.63) is 17.5 Å². The monoisotopic (exact) mass is 208 g/mol. The quantitative estimate of drug-likeness (QED) is 0.341. The first kappa shape index (κ1) is 10.0. The molecule has 1 aromatic rings. The molecule has 1 aliphatic rings. The molecule has 1 aromatic heterocycles. The first-order valence-corrected chi connectivity index (χ1v) is 5.20. The molecule has 15 heavy (non-hydrogen) atoms. The molecule has 0 atom stereocenters. The minimum absolute atomic E-state index is 0.156. The standard InChI is InChI=1S/C10H16N4O/c1-6(2)14-5-8(10(11)13-15)9(12-14)7-3-4-7/h5-7,15H,3-4H2,1-2H3,(H2,11,13). The Morgan fingerprint density at radius 2 is 2.33 bits per heavy atom. The van der Waals surface area contributed by atoms with Gasteiger partial charge in [0.05, 0.1) is 11.3 Å². The zero-order valence-electron chi connectivity index (χ0n) is 9.01. The minimum atomic E-state index is 0.156. The van der Waals surface area contributed by atoms with Crippen LogP contribution in [0, 0.1) is 0 Å². The molecule has 82 valence electrons. The summed E-state index contributed by atoms with van der Waals surface area (Å²) < 4.78 is 1.86. The maximum absolute atomic E-state index is 8.69. The van der Waals surface area contributed by atoms with Gasteiger partial charge in [0.2, 0.25) is 0 Å². The van der Waals surface area contributed by atoms with Gasteiger partial charge in [-0.2, -0.15) is 5.10 Å². The molecule has 0 amide bonds. The lowest BCUT2D eigenvalue weighted by Gasteiger charge is -2.02. The van der Waals surface area contributed by atoms with E-state index in [0.29, 0.717) is 12.0 Å². The highest BCUT2D eigenvalue weighted by Crippen LogP contribution is 2.40. The van der Waals surface area contributed by atoms with Crippen LogP contribution >= 0.6 is 0 Å². The van der Waals surface area contributed by atoms with Crippen molar-refractivity contribution in [2.24, 2.45) is 10.9 Å². The van der Waals surface area contributed by atoms with Crippen LogP contribution in [0.1, 0.15) is 49.9 Å². The van der Waals surface area contributed by atoms with Gasteiger partial charge in [-0.3, -0.25) is 4.68 Å². The summed E-state index contributed by atoms with van der Waals surface area (Å²) in [5.74, 6) is 0.657. The molecule has 1 fully saturated rings. The molecule has 5 nitrogen and oxygen atoms in total. The van der Waals surface area contributed by atoms with Crippen molar-refractivity contribution in [2.45, 2.75) is 38.6 Å². The molecule has 1 heterocycles. The summed E-state index contributed by atoms with van der Waals surface area (Å²) in [5.41, 5.74) is 7.36. The van der Waals surface area contributed by atoms with Gasteiger partial charge >= 0.3 is 0 Å². The van der Waals surface area contributed by atoms with E-state index < -0.39 is 0 Å². The Labute approximate surface area is 88.6 Å². The summed E-state index contributed by atoms with van der Waals surface area (Å²) in [6, 6.07) is 0.294. The zero-order chi connectivity index (χ0) is 11.0. The summed E-state index contributed by atoms with van der Waals surface area (Å²) in [5, 5.41) is 16.2. The lowest BCUT2D eigenvalue weighted by atomic mass is 10.2. The van der Waals surface area contributed by atoms with Gasteiger partial charge in [0.1, 0.15) is 0 Å². The molecule has 3 N–H and O–H groups in total. The van der Waals surface area contributed by atoms with Crippen molar-refractivity contribution < 1.29 is 5.21 Å². The third-order valence-electron chi connectivity index (χ3n) is 2.64. The maximum Gasteiger partial charge on any atom is 0.173 e. The van der Waals surface area contributed by atoms with Crippen LogP contribution in [0.4, 0.5) is 0 Å². The van der Waals surface area contributed by atoms with Crippen molar-refractivity contribution in [2.75, 3.05) is 0 Å². The Bertz CT molecular complexity index is 390. The minimum Gasteiger partial charge on any atom is -0.409 e. The van der Waals surface area contributed by atoms with E-state index >= 15 is 0 Å². The van der Waals surface area contributed by atoms with Crippen LogP contribution in [0.15, 0.2) is 11.4 Å². The van der Waals surface area contributed by atoms with Gasteiger partial charge in [-0.1, -0.05) is 5.16 Å². The van der Waals surface area contributed by atoms with Gasteiger partial charge in [0.15, 0.2) is 5.84 Å².